The van der Waals surface area contributed by atoms with E-state index < -0.39 is 31.7 Å². The SMILES string of the molecule is O=S(=O)(O)CCCCS(=O)(=O)O.[H-].[Na+]. The van der Waals surface area contributed by atoms with Crippen LogP contribution in [0.2, 0.25) is 0 Å². The summed E-state index contributed by atoms with van der Waals surface area (Å²) in [6, 6.07) is 0. The minimum Gasteiger partial charge on any atom is -1.00 e. The molecule has 0 amide bonds. The summed E-state index contributed by atoms with van der Waals surface area (Å²) in [6.45, 7) is 0. The van der Waals surface area contributed by atoms with Crippen LogP contribution in [0.5, 0.6) is 0 Å². The Labute approximate surface area is 101 Å². The van der Waals surface area contributed by atoms with Gasteiger partial charge in [-0.25, -0.2) is 0 Å². The molecule has 0 atom stereocenters. The number of unbranched alkanes of at least 4 members (excludes halogenated alkanes) is 1. The van der Waals surface area contributed by atoms with E-state index in [1.54, 1.807) is 0 Å². The van der Waals surface area contributed by atoms with Gasteiger partial charge in [0.15, 0.2) is 0 Å². The van der Waals surface area contributed by atoms with Crippen molar-refractivity contribution in [2.24, 2.45) is 0 Å². The van der Waals surface area contributed by atoms with Crippen molar-refractivity contribution in [3.05, 3.63) is 0 Å². The predicted octanol–water partition coefficient (Wildman–Crippen LogP) is -3.34. The van der Waals surface area contributed by atoms with E-state index in [9.17, 15) is 16.8 Å². The van der Waals surface area contributed by atoms with Gasteiger partial charge in [-0.05, 0) is 12.8 Å². The zero-order chi connectivity index (χ0) is 9.83. The Morgan fingerprint density at radius 1 is 0.846 bits per heavy atom. The van der Waals surface area contributed by atoms with E-state index in [2.05, 4.69) is 0 Å². The van der Waals surface area contributed by atoms with Gasteiger partial charge in [-0.2, -0.15) is 16.8 Å². The smallest absolute Gasteiger partial charge is 1.00 e. The van der Waals surface area contributed by atoms with Crippen LogP contribution in [-0.2, 0) is 20.2 Å². The van der Waals surface area contributed by atoms with Crippen LogP contribution in [0.4, 0.5) is 0 Å². The molecule has 0 unspecified atom stereocenters. The van der Waals surface area contributed by atoms with Gasteiger partial charge >= 0.3 is 29.6 Å². The molecule has 0 spiro atoms. The molecule has 0 aliphatic heterocycles. The normalized spacial score (nSPS) is 12.2. The number of hydrogen-bond donors (Lipinski definition) is 2. The minimum absolute atomic E-state index is 0. The first-order chi connectivity index (χ1) is 5.21. The first-order valence-electron chi connectivity index (χ1n) is 3.11. The summed E-state index contributed by atoms with van der Waals surface area (Å²) < 4.78 is 56.8. The van der Waals surface area contributed by atoms with Crippen molar-refractivity contribution < 1.29 is 56.9 Å². The van der Waals surface area contributed by atoms with Crippen LogP contribution in [0, 0.1) is 0 Å². The molecule has 0 aromatic heterocycles. The minimum atomic E-state index is -4.02. The van der Waals surface area contributed by atoms with E-state index in [0.717, 1.165) is 0 Å². The van der Waals surface area contributed by atoms with Gasteiger partial charge in [0.05, 0.1) is 11.5 Å². The standard InChI is InChI=1S/C4H10O6S2.Na.H/c5-11(6,7)3-1-2-4-12(8,9)10;;/h1-4H2,(H,5,6,7)(H,8,9,10);;/q;+1;-1. The molecule has 76 valence electrons. The van der Waals surface area contributed by atoms with Crippen molar-refractivity contribution in [2.75, 3.05) is 11.5 Å². The fourth-order valence-corrected chi connectivity index (χ4v) is 1.71. The van der Waals surface area contributed by atoms with Crippen molar-refractivity contribution in [1.29, 1.82) is 0 Å². The maximum atomic E-state index is 10.1. The molecule has 0 saturated carbocycles. The summed E-state index contributed by atoms with van der Waals surface area (Å²) in [5.74, 6) is -0.967. The molecule has 0 fully saturated rings. The maximum Gasteiger partial charge on any atom is 1.00 e. The zero-order valence-electron chi connectivity index (χ0n) is 8.17. The van der Waals surface area contributed by atoms with E-state index in [-0.39, 0.29) is 43.8 Å². The average Bonchev–Trinajstić information content (AvgIpc) is 1.76. The predicted molar refractivity (Wildman–Crippen MR) is 43.2 cm³/mol. The summed E-state index contributed by atoms with van der Waals surface area (Å²) in [6.07, 6.45) is 0.0250. The van der Waals surface area contributed by atoms with Gasteiger partial charge < -0.3 is 1.43 Å². The number of rotatable bonds is 5. The summed E-state index contributed by atoms with van der Waals surface area (Å²) in [5.41, 5.74) is 0. The summed E-state index contributed by atoms with van der Waals surface area (Å²) in [4.78, 5) is 0. The van der Waals surface area contributed by atoms with Crippen LogP contribution in [-0.4, -0.2) is 37.4 Å². The fourth-order valence-electron chi connectivity index (χ4n) is 0.569. The quantitative estimate of drug-likeness (QED) is 0.296. The fraction of sp³-hybridized carbons (Fsp3) is 1.00. The van der Waals surface area contributed by atoms with Gasteiger partial charge in [-0.3, -0.25) is 9.11 Å². The second-order valence-electron chi connectivity index (χ2n) is 2.28. The Hall–Kier alpha value is 0.820. The van der Waals surface area contributed by atoms with Crippen LogP contribution in [0.25, 0.3) is 0 Å². The molecule has 0 saturated heterocycles. The van der Waals surface area contributed by atoms with Crippen LogP contribution in [0.15, 0.2) is 0 Å². The molecule has 13 heavy (non-hydrogen) atoms. The summed E-state index contributed by atoms with van der Waals surface area (Å²) in [5, 5.41) is 0. The Balaban J connectivity index is -0.000000605. The van der Waals surface area contributed by atoms with E-state index in [1.165, 1.54) is 0 Å². The van der Waals surface area contributed by atoms with E-state index in [4.69, 9.17) is 9.11 Å². The second kappa shape index (κ2) is 6.33. The van der Waals surface area contributed by atoms with Crippen LogP contribution in [0.1, 0.15) is 14.3 Å². The third-order valence-electron chi connectivity index (χ3n) is 1.05. The molecular formula is C4H11NaO6S2. The molecule has 0 heterocycles. The molecule has 2 N–H and O–H groups in total. The molecule has 0 aliphatic carbocycles. The average molecular weight is 242 g/mol. The molecule has 0 radical (unpaired) electrons. The van der Waals surface area contributed by atoms with Gasteiger partial charge in [0.25, 0.3) is 20.2 Å². The maximum absolute atomic E-state index is 10.1. The van der Waals surface area contributed by atoms with Crippen molar-refractivity contribution in [3.8, 4) is 0 Å². The van der Waals surface area contributed by atoms with Gasteiger partial charge in [0.2, 0.25) is 0 Å². The molecule has 0 aromatic rings. The summed E-state index contributed by atoms with van der Waals surface area (Å²) in [7, 11) is -8.04. The van der Waals surface area contributed by atoms with Crippen LogP contribution >= 0.6 is 0 Å². The third-order valence-corrected chi connectivity index (χ3v) is 2.66. The van der Waals surface area contributed by atoms with Crippen molar-refractivity contribution in [1.82, 2.24) is 0 Å². The first kappa shape index (κ1) is 16.3. The van der Waals surface area contributed by atoms with E-state index in [0.29, 0.717) is 0 Å². The van der Waals surface area contributed by atoms with Gasteiger partial charge in [-0.15, -0.1) is 0 Å². The Kier molecular flexibility index (Phi) is 7.92. The van der Waals surface area contributed by atoms with Gasteiger partial charge in [-0.1, -0.05) is 0 Å². The van der Waals surface area contributed by atoms with E-state index >= 15 is 0 Å². The Morgan fingerprint density at radius 3 is 1.23 bits per heavy atom. The first-order valence-corrected chi connectivity index (χ1v) is 6.33. The second-order valence-corrected chi connectivity index (χ2v) is 5.42. The van der Waals surface area contributed by atoms with Crippen molar-refractivity contribution in [2.45, 2.75) is 12.8 Å². The molecule has 0 aliphatic rings. The monoisotopic (exact) mass is 242 g/mol. The van der Waals surface area contributed by atoms with E-state index in [1.807, 2.05) is 0 Å². The molecule has 9 heteroatoms. The van der Waals surface area contributed by atoms with Crippen LogP contribution in [0.3, 0.4) is 0 Å². The molecule has 6 nitrogen and oxygen atoms in total. The number of hydrogen-bond acceptors (Lipinski definition) is 4. The molecular weight excluding hydrogens is 231 g/mol. The van der Waals surface area contributed by atoms with Gasteiger partial charge in [0, 0.05) is 0 Å². The molecule has 0 rings (SSSR count). The topological polar surface area (TPSA) is 109 Å². The Bertz CT molecular complexity index is 288. The van der Waals surface area contributed by atoms with Crippen molar-refractivity contribution in [3.63, 3.8) is 0 Å². The Morgan fingerprint density at radius 2 is 1.08 bits per heavy atom. The van der Waals surface area contributed by atoms with Crippen molar-refractivity contribution >= 4 is 20.2 Å². The zero-order valence-corrected chi connectivity index (χ0v) is 10.8. The van der Waals surface area contributed by atoms with Gasteiger partial charge in [0.1, 0.15) is 0 Å². The largest absolute Gasteiger partial charge is 1.00 e. The molecule has 0 bridgehead atoms. The molecule has 0 aromatic carbocycles. The van der Waals surface area contributed by atoms with Crippen LogP contribution < -0.4 is 29.6 Å². The summed E-state index contributed by atoms with van der Waals surface area (Å²) >= 11 is 0. The third kappa shape index (κ3) is 15.6.